The van der Waals surface area contributed by atoms with E-state index in [1.165, 1.54) is 23.1 Å². The summed E-state index contributed by atoms with van der Waals surface area (Å²) < 4.78 is 41.4. The smallest absolute Gasteiger partial charge is 0.250 e. The van der Waals surface area contributed by atoms with Crippen LogP contribution in [0, 0.1) is 12.7 Å². The van der Waals surface area contributed by atoms with Gasteiger partial charge in [-0.3, -0.25) is 4.79 Å². The molecule has 1 saturated heterocycles. The number of aryl methyl sites for hydroxylation is 1. The fourth-order valence-corrected chi connectivity index (χ4v) is 5.78. The number of hydrogen-bond acceptors (Lipinski definition) is 4. The molecule has 1 unspecified atom stereocenters. The first-order valence-electron chi connectivity index (χ1n) is 7.13. The van der Waals surface area contributed by atoms with Gasteiger partial charge < -0.3 is 4.90 Å². The molecular formula is C15H14BrFN2O3S2. The van der Waals surface area contributed by atoms with Crippen molar-refractivity contribution in [2.45, 2.75) is 23.6 Å². The van der Waals surface area contributed by atoms with Crippen molar-refractivity contribution in [3.63, 3.8) is 0 Å². The van der Waals surface area contributed by atoms with Crippen LogP contribution < -0.4 is 9.62 Å². The quantitative estimate of drug-likeness (QED) is 0.806. The van der Waals surface area contributed by atoms with Crippen LogP contribution >= 0.6 is 27.3 Å². The van der Waals surface area contributed by atoms with Crippen LogP contribution in [-0.2, 0) is 14.8 Å². The molecule has 2 aromatic rings. The zero-order valence-electron chi connectivity index (χ0n) is 12.6. The lowest BCUT2D eigenvalue weighted by Crippen LogP contribution is -2.41. The molecule has 1 aromatic heterocycles. The van der Waals surface area contributed by atoms with Crippen LogP contribution in [0.2, 0.25) is 0 Å². The predicted molar refractivity (Wildman–Crippen MR) is 94.2 cm³/mol. The Morgan fingerprint density at radius 3 is 2.71 bits per heavy atom. The molecule has 0 spiro atoms. The molecule has 1 atom stereocenters. The summed E-state index contributed by atoms with van der Waals surface area (Å²) in [4.78, 5) is 14.0. The maximum Gasteiger partial charge on any atom is 0.250 e. The number of amides is 1. The zero-order valence-corrected chi connectivity index (χ0v) is 15.8. The summed E-state index contributed by atoms with van der Waals surface area (Å²) in [6.45, 7) is 2.00. The molecule has 2 heterocycles. The van der Waals surface area contributed by atoms with Gasteiger partial charge in [-0.25, -0.2) is 12.8 Å². The van der Waals surface area contributed by atoms with Crippen LogP contribution in [0.5, 0.6) is 0 Å². The minimum Gasteiger partial charge on any atom is -0.311 e. The van der Waals surface area contributed by atoms with Gasteiger partial charge >= 0.3 is 0 Å². The van der Waals surface area contributed by atoms with Crippen molar-refractivity contribution in [3.05, 3.63) is 45.5 Å². The van der Waals surface area contributed by atoms with E-state index in [1.807, 2.05) is 0 Å². The van der Waals surface area contributed by atoms with Crippen LogP contribution in [0.1, 0.15) is 12.0 Å². The van der Waals surface area contributed by atoms with Crippen LogP contribution in [0.15, 0.2) is 38.3 Å². The monoisotopic (exact) mass is 432 g/mol. The summed E-state index contributed by atoms with van der Waals surface area (Å²) in [5.41, 5.74) is 1.01. The first-order chi connectivity index (χ1) is 11.3. The van der Waals surface area contributed by atoms with Gasteiger partial charge in [-0.2, -0.15) is 4.72 Å². The third-order valence-corrected chi connectivity index (χ3v) is 7.36. The molecule has 3 rings (SSSR count). The van der Waals surface area contributed by atoms with E-state index in [0.717, 1.165) is 11.3 Å². The van der Waals surface area contributed by atoms with Crippen molar-refractivity contribution in [3.8, 4) is 0 Å². The Bertz CT molecular complexity index is 898. The van der Waals surface area contributed by atoms with Crippen molar-refractivity contribution < 1.29 is 17.6 Å². The van der Waals surface area contributed by atoms with Gasteiger partial charge in [0.05, 0.1) is 3.79 Å². The topological polar surface area (TPSA) is 66.5 Å². The second-order valence-electron chi connectivity index (χ2n) is 5.44. The fraction of sp³-hybridized carbons (Fsp3) is 0.267. The number of sulfonamides is 1. The average molecular weight is 433 g/mol. The summed E-state index contributed by atoms with van der Waals surface area (Å²) >= 11 is 4.30. The zero-order chi connectivity index (χ0) is 17.5. The Kier molecular flexibility index (Phi) is 4.78. The van der Waals surface area contributed by atoms with Gasteiger partial charge in [0, 0.05) is 12.2 Å². The second-order valence-corrected chi connectivity index (χ2v) is 9.85. The molecule has 5 nitrogen and oxygen atoms in total. The van der Waals surface area contributed by atoms with Gasteiger partial charge in [0.1, 0.15) is 16.1 Å². The Balaban J connectivity index is 1.78. The fourth-order valence-electron chi connectivity index (χ4n) is 2.53. The highest BCUT2D eigenvalue weighted by atomic mass is 79.9. The molecule has 0 saturated carbocycles. The molecular weight excluding hydrogens is 419 g/mol. The maximum atomic E-state index is 13.4. The molecule has 1 N–H and O–H groups in total. The van der Waals surface area contributed by atoms with E-state index >= 15 is 0 Å². The number of hydrogen-bond donors (Lipinski definition) is 1. The first kappa shape index (κ1) is 17.5. The first-order valence-corrected chi connectivity index (χ1v) is 10.2. The van der Waals surface area contributed by atoms with E-state index in [2.05, 4.69) is 20.7 Å². The number of carbonyl (C=O) groups excluding carboxylic acids is 1. The molecule has 9 heteroatoms. The predicted octanol–water partition coefficient (Wildman–Crippen LogP) is 3.04. The number of halogens is 2. The lowest BCUT2D eigenvalue weighted by atomic mass is 10.2. The van der Waals surface area contributed by atoms with Gasteiger partial charge in [-0.15, -0.1) is 11.3 Å². The summed E-state index contributed by atoms with van der Waals surface area (Å²) in [5, 5.41) is 0. The van der Waals surface area contributed by atoms with Crippen molar-refractivity contribution in [1.29, 1.82) is 0 Å². The summed E-state index contributed by atoms with van der Waals surface area (Å²) in [6, 6.07) is 6.72. The number of benzene rings is 1. The third kappa shape index (κ3) is 3.39. The summed E-state index contributed by atoms with van der Waals surface area (Å²) in [6.07, 6.45) is 0.362. The van der Waals surface area contributed by atoms with Crippen molar-refractivity contribution >= 4 is 48.9 Å². The Morgan fingerprint density at radius 1 is 1.33 bits per heavy atom. The van der Waals surface area contributed by atoms with Crippen LogP contribution in [-0.4, -0.2) is 26.9 Å². The summed E-state index contributed by atoms with van der Waals surface area (Å²) in [7, 11) is -3.75. The van der Waals surface area contributed by atoms with E-state index in [9.17, 15) is 17.6 Å². The molecule has 1 amide bonds. The third-order valence-electron chi connectivity index (χ3n) is 3.77. The van der Waals surface area contributed by atoms with Gasteiger partial charge in [-0.1, -0.05) is 0 Å². The highest BCUT2D eigenvalue weighted by Crippen LogP contribution is 2.28. The van der Waals surface area contributed by atoms with E-state index in [0.29, 0.717) is 28.0 Å². The molecule has 24 heavy (non-hydrogen) atoms. The maximum absolute atomic E-state index is 13.4. The normalized spacial score (nSPS) is 18.4. The van der Waals surface area contributed by atoms with E-state index in [4.69, 9.17) is 0 Å². The highest BCUT2D eigenvalue weighted by Gasteiger charge is 2.36. The molecule has 128 valence electrons. The molecule has 1 aliphatic rings. The Hall–Kier alpha value is -1.29. The molecule has 0 radical (unpaired) electrons. The van der Waals surface area contributed by atoms with E-state index in [-0.39, 0.29) is 15.9 Å². The lowest BCUT2D eigenvalue weighted by molar-refractivity contribution is -0.118. The van der Waals surface area contributed by atoms with Gasteiger partial charge in [-0.05, 0) is 65.2 Å². The minimum atomic E-state index is -3.75. The molecule has 1 fully saturated rings. The second kappa shape index (κ2) is 6.55. The average Bonchev–Trinajstić information content (AvgIpc) is 3.10. The number of nitrogens with zero attached hydrogens (tertiary/aromatic N) is 1. The summed E-state index contributed by atoms with van der Waals surface area (Å²) in [5.74, 6) is -0.675. The van der Waals surface area contributed by atoms with E-state index < -0.39 is 16.1 Å². The number of thiophene rings is 1. The molecule has 0 bridgehead atoms. The number of nitrogens with one attached hydrogen (secondary N) is 1. The number of rotatable bonds is 4. The molecule has 0 aliphatic carbocycles. The minimum absolute atomic E-state index is 0.151. The number of carbonyl (C=O) groups is 1. The Labute approximate surface area is 151 Å². The molecule has 1 aliphatic heterocycles. The van der Waals surface area contributed by atoms with E-state index in [1.54, 1.807) is 19.1 Å². The Morgan fingerprint density at radius 2 is 2.08 bits per heavy atom. The van der Waals surface area contributed by atoms with Crippen molar-refractivity contribution in [2.75, 3.05) is 11.4 Å². The van der Waals surface area contributed by atoms with Crippen molar-refractivity contribution in [2.24, 2.45) is 0 Å². The highest BCUT2D eigenvalue weighted by molar-refractivity contribution is 9.11. The van der Waals surface area contributed by atoms with Crippen LogP contribution in [0.3, 0.4) is 0 Å². The largest absolute Gasteiger partial charge is 0.311 e. The number of anilines is 1. The van der Waals surface area contributed by atoms with Gasteiger partial charge in [0.25, 0.3) is 10.0 Å². The molecule has 1 aromatic carbocycles. The van der Waals surface area contributed by atoms with Crippen LogP contribution in [0.25, 0.3) is 0 Å². The van der Waals surface area contributed by atoms with Gasteiger partial charge in [0.15, 0.2) is 0 Å². The standard InChI is InChI=1S/C15H14BrFN2O3S2/c1-9-8-10(2-3-11(9)17)19-7-6-12(15(19)20)18-24(21,22)14-5-4-13(16)23-14/h2-5,8,12,18H,6-7H2,1H3. The lowest BCUT2D eigenvalue weighted by Gasteiger charge is -2.18. The van der Waals surface area contributed by atoms with Crippen molar-refractivity contribution in [1.82, 2.24) is 4.72 Å². The van der Waals surface area contributed by atoms with Crippen LogP contribution in [0.4, 0.5) is 10.1 Å². The van der Waals surface area contributed by atoms with Gasteiger partial charge in [0.2, 0.25) is 5.91 Å². The SMILES string of the molecule is Cc1cc(N2CCC(NS(=O)(=O)c3ccc(Br)s3)C2=O)ccc1F.